The van der Waals surface area contributed by atoms with Crippen molar-refractivity contribution in [2.75, 3.05) is 31.1 Å². The molecule has 0 spiro atoms. The Morgan fingerprint density at radius 2 is 1.65 bits per heavy atom. The molecule has 8 heteroatoms. The molecule has 2 aromatic heterocycles. The molecule has 2 saturated heterocycles. The highest BCUT2D eigenvalue weighted by molar-refractivity contribution is 5.79. The fourth-order valence-electron chi connectivity index (χ4n) is 3.87. The predicted molar refractivity (Wildman–Crippen MR) is 96.9 cm³/mol. The molecule has 0 atom stereocenters. The average molecular weight is 355 g/mol. The zero-order chi connectivity index (χ0) is 17.8. The minimum Gasteiger partial charge on any atom is -0.356 e. The quantitative estimate of drug-likeness (QED) is 0.833. The van der Waals surface area contributed by atoms with Gasteiger partial charge in [-0.25, -0.2) is 19.6 Å². The molecule has 2 aliphatic heterocycles. The topological polar surface area (TPSA) is 80.0 Å². The number of carbonyl (C=O) groups is 1. The van der Waals surface area contributed by atoms with Gasteiger partial charge in [0.1, 0.15) is 24.8 Å². The molecule has 8 nitrogen and oxygen atoms in total. The molecule has 0 aliphatic carbocycles. The SMILES string of the molecule is O=C(C1CCN(c2cc(-n3cncn3)ncn2)CC1)N1CCCCCC1. The summed E-state index contributed by atoms with van der Waals surface area (Å²) in [6.45, 7) is 3.56. The first kappa shape index (κ1) is 16.9. The van der Waals surface area contributed by atoms with Gasteiger partial charge in [0.25, 0.3) is 0 Å². The van der Waals surface area contributed by atoms with Gasteiger partial charge in [0.05, 0.1) is 0 Å². The maximum absolute atomic E-state index is 12.8. The second kappa shape index (κ2) is 7.80. The zero-order valence-electron chi connectivity index (χ0n) is 15.0. The van der Waals surface area contributed by atoms with Gasteiger partial charge in [0.15, 0.2) is 5.82 Å². The van der Waals surface area contributed by atoms with Gasteiger partial charge in [-0.1, -0.05) is 12.8 Å². The molecule has 1 amide bonds. The third-order valence-electron chi connectivity index (χ3n) is 5.38. The summed E-state index contributed by atoms with van der Waals surface area (Å²) in [5.74, 6) is 2.10. The van der Waals surface area contributed by atoms with E-state index in [-0.39, 0.29) is 5.92 Å². The second-order valence-electron chi connectivity index (χ2n) is 7.08. The molecule has 0 saturated carbocycles. The first-order valence-electron chi connectivity index (χ1n) is 9.52. The largest absolute Gasteiger partial charge is 0.356 e. The zero-order valence-corrected chi connectivity index (χ0v) is 15.0. The Bertz CT molecular complexity index is 717. The van der Waals surface area contributed by atoms with E-state index in [4.69, 9.17) is 0 Å². The normalized spacial score (nSPS) is 19.4. The van der Waals surface area contributed by atoms with Crippen LogP contribution in [0, 0.1) is 5.92 Å². The Hall–Kier alpha value is -2.51. The summed E-state index contributed by atoms with van der Waals surface area (Å²) in [4.78, 5) is 29.8. The lowest BCUT2D eigenvalue weighted by molar-refractivity contribution is -0.136. The number of aromatic nitrogens is 5. The van der Waals surface area contributed by atoms with Gasteiger partial charge in [0, 0.05) is 38.2 Å². The van der Waals surface area contributed by atoms with Crippen LogP contribution in [0.2, 0.25) is 0 Å². The third-order valence-corrected chi connectivity index (χ3v) is 5.38. The first-order valence-corrected chi connectivity index (χ1v) is 9.52. The number of anilines is 1. The fraction of sp³-hybridized carbons (Fsp3) is 0.611. The van der Waals surface area contributed by atoms with Gasteiger partial charge in [0.2, 0.25) is 5.91 Å². The summed E-state index contributed by atoms with van der Waals surface area (Å²) >= 11 is 0. The van der Waals surface area contributed by atoms with E-state index >= 15 is 0 Å². The molecule has 0 N–H and O–H groups in total. The van der Waals surface area contributed by atoms with E-state index in [0.717, 1.165) is 57.7 Å². The molecule has 0 bridgehead atoms. The molecule has 0 aromatic carbocycles. The molecular weight excluding hydrogens is 330 g/mol. The van der Waals surface area contributed by atoms with Gasteiger partial charge >= 0.3 is 0 Å². The predicted octanol–water partition coefficient (Wildman–Crippen LogP) is 1.68. The maximum Gasteiger partial charge on any atom is 0.225 e. The summed E-state index contributed by atoms with van der Waals surface area (Å²) in [6.07, 6.45) is 11.2. The standard InChI is InChI=1S/C18H25N7O/c26-18(24-7-3-1-2-4-8-24)15-5-9-23(10-6-15)16-11-17(21-13-20-16)25-14-19-12-22-25/h11-15H,1-10H2. The molecule has 4 heterocycles. The Morgan fingerprint density at radius 3 is 2.35 bits per heavy atom. The van der Waals surface area contributed by atoms with Crippen LogP contribution in [0.25, 0.3) is 5.82 Å². The van der Waals surface area contributed by atoms with Crippen LogP contribution in [0.1, 0.15) is 38.5 Å². The van der Waals surface area contributed by atoms with Crippen LogP contribution in [0.15, 0.2) is 25.0 Å². The summed E-state index contributed by atoms with van der Waals surface area (Å²) in [7, 11) is 0. The van der Waals surface area contributed by atoms with Crippen LogP contribution in [0.5, 0.6) is 0 Å². The number of hydrogen-bond acceptors (Lipinski definition) is 6. The van der Waals surface area contributed by atoms with Crippen molar-refractivity contribution in [3.63, 3.8) is 0 Å². The minimum absolute atomic E-state index is 0.154. The molecule has 138 valence electrons. The van der Waals surface area contributed by atoms with Crippen LogP contribution < -0.4 is 4.90 Å². The summed E-state index contributed by atoms with van der Waals surface area (Å²) in [5.41, 5.74) is 0. The smallest absolute Gasteiger partial charge is 0.225 e. The molecule has 4 rings (SSSR count). The maximum atomic E-state index is 12.8. The van der Waals surface area contributed by atoms with Crippen molar-refractivity contribution in [2.45, 2.75) is 38.5 Å². The van der Waals surface area contributed by atoms with Crippen LogP contribution in [-0.2, 0) is 4.79 Å². The second-order valence-corrected chi connectivity index (χ2v) is 7.08. The number of nitrogens with zero attached hydrogens (tertiary/aromatic N) is 7. The fourth-order valence-corrected chi connectivity index (χ4v) is 3.87. The van der Waals surface area contributed by atoms with Crippen LogP contribution in [-0.4, -0.2) is 61.7 Å². The lowest BCUT2D eigenvalue weighted by Gasteiger charge is -2.34. The van der Waals surface area contributed by atoms with E-state index in [0.29, 0.717) is 11.7 Å². The van der Waals surface area contributed by atoms with Crippen molar-refractivity contribution < 1.29 is 4.79 Å². The number of likely N-dealkylation sites (tertiary alicyclic amines) is 1. The summed E-state index contributed by atoms with van der Waals surface area (Å²) in [5, 5.41) is 4.11. The average Bonchev–Trinajstić information content (AvgIpc) is 3.10. The molecule has 2 aliphatic rings. The van der Waals surface area contributed by atoms with Crippen molar-refractivity contribution in [1.29, 1.82) is 0 Å². The molecule has 0 unspecified atom stereocenters. The Labute approximate surface area is 153 Å². The van der Waals surface area contributed by atoms with Gasteiger partial charge < -0.3 is 9.80 Å². The Balaban J connectivity index is 1.37. The third kappa shape index (κ3) is 3.68. The van der Waals surface area contributed by atoms with E-state index in [1.165, 1.54) is 19.2 Å². The van der Waals surface area contributed by atoms with E-state index in [2.05, 4.69) is 29.9 Å². The van der Waals surface area contributed by atoms with Crippen LogP contribution >= 0.6 is 0 Å². The lowest BCUT2D eigenvalue weighted by Crippen LogP contribution is -2.43. The monoisotopic (exact) mass is 355 g/mol. The highest BCUT2D eigenvalue weighted by atomic mass is 16.2. The van der Waals surface area contributed by atoms with Crippen molar-refractivity contribution in [1.82, 2.24) is 29.6 Å². The number of amides is 1. The van der Waals surface area contributed by atoms with Gasteiger partial charge in [-0.05, 0) is 25.7 Å². The highest BCUT2D eigenvalue weighted by Gasteiger charge is 2.29. The number of rotatable bonds is 3. The number of piperidine rings is 1. The molecule has 2 aromatic rings. The first-order chi connectivity index (χ1) is 12.8. The summed E-state index contributed by atoms with van der Waals surface area (Å²) in [6, 6.07) is 1.92. The van der Waals surface area contributed by atoms with Crippen molar-refractivity contribution >= 4 is 11.7 Å². The highest BCUT2D eigenvalue weighted by Crippen LogP contribution is 2.25. The van der Waals surface area contributed by atoms with E-state index in [1.807, 2.05) is 6.07 Å². The molecular formula is C18H25N7O. The van der Waals surface area contributed by atoms with Crippen LogP contribution in [0.3, 0.4) is 0 Å². The van der Waals surface area contributed by atoms with Gasteiger partial charge in [-0.2, -0.15) is 5.10 Å². The summed E-state index contributed by atoms with van der Waals surface area (Å²) < 4.78 is 1.63. The molecule has 0 radical (unpaired) electrons. The van der Waals surface area contributed by atoms with E-state index < -0.39 is 0 Å². The Kier molecular flexibility index (Phi) is 5.08. The van der Waals surface area contributed by atoms with Crippen LogP contribution in [0.4, 0.5) is 5.82 Å². The Morgan fingerprint density at radius 1 is 0.923 bits per heavy atom. The van der Waals surface area contributed by atoms with Crippen molar-refractivity contribution in [3.05, 3.63) is 25.0 Å². The van der Waals surface area contributed by atoms with Gasteiger partial charge in [-0.15, -0.1) is 0 Å². The number of carbonyl (C=O) groups excluding carboxylic acids is 1. The van der Waals surface area contributed by atoms with E-state index in [9.17, 15) is 4.79 Å². The van der Waals surface area contributed by atoms with Crippen molar-refractivity contribution in [2.24, 2.45) is 5.92 Å². The lowest BCUT2D eigenvalue weighted by atomic mass is 9.95. The molecule has 26 heavy (non-hydrogen) atoms. The van der Waals surface area contributed by atoms with Crippen molar-refractivity contribution in [3.8, 4) is 5.82 Å². The minimum atomic E-state index is 0.154. The number of hydrogen-bond donors (Lipinski definition) is 0. The van der Waals surface area contributed by atoms with E-state index in [1.54, 1.807) is 17.3 Å². The molecule has 2 fully saturated rings. The van der Waals surface area contributed by atoms with Gasteiger partial charge in [-0.3, -0.25) is 4.79 Å².